The number of likely N-dealkylation sites (tertiary alicyclic amines) is 2. The van der Waals surface area contributed by atoms with Gasteiger partial charge in [0.15, 0.2) is 21.2 Å². The maximum absolute atomic E-state index is 13.6. The molecular weight excluding hydrogens is 619 g/mol. The number of fused-ring (bicyclic) bond motifs is 4. The zero-order valence-corrected chi connectivity index (χ0v) is 23.8. The number of carbonyl (C=O) groups excluding carboxylic acids is 5. The Morgan fingerprint density at radius 1 is 1.15 bits per heavy atom. The minimum Gasteiger partial charge on any atom is -0.504 e. The third-order valence-corrected chi connectivity index (χ3v) is 10.0. The molecule has 0 radical (unpaired) electrons. The molecule has 5 rings (SSSR count). The molecule has 1 N–H and O–H groups in total. The van der Waals surface area contributed by atoms with E-state index in [0.717, 1.165) is 12.0 Å². The lowest BCUT2D eigenvalue weighted by Gasteiger charge is -2.49. The van der Waals surface area contributed by atoms with Gasteiger partial charge in [-0.3, -0.25) is 24.1 Å². The SMILES string of the molecule is COC(=O)N1C(=O)C2CC=C3C(CC4(Cl)C(=O)N(CBr)C(=O)C4(Cl)C3C=Cc3ccc(O)c(OC)c3)C2C1=O. The van der Waals surface area contributed by atoms with Crippen molar-refractivity contribution in [3.8, 4) is 11.5 Å². The lowest BCUT2D eigenvalue weighted by Crippen LogP contribution is -2.60. The van der Waals surface area contributed by atoms with Crippen LogP contribution in [0.4, 0.5) is 4.79 Å². The average Bonchev–Trinajstić information content (AvgIpc) is 3.26. The average molecular weight is 642 g/mol. The number of benzene rings is 1. The molecule has 39 heavy (non-hydrogen) atoms. The summed E-state index contributed by atoms with van der Waals surface area (Å²) in [5.41, 5.74) is 1.04. The van der Waals surface area contributed by atoms with Crippen LogP contribution in [0.3, 0.4) is 0 Å². The molecule has 0 bridgehead atoms. The van der Waals surface area contributed by atoms with Gasteiger partial charge in [-0.2, -0.15) is 4.90 Å². The smallest absolute Gasteiger partial charge is 0.423 e. The van der Waals surface area contributed by atoms with Crippen LogP contribution < -0.4 is 4.74 Å². The monoisotopic (exact) mass is 640 g/mol. The van der Waals surface area contributed by atoms with Crippen LogP contribution in [0.5, 0.6) is 11.5 Å². The number of aromatic hydroxyl groups is 1. The Labute approximate surface area is 241 Å². The van der Waals surface area contributed by atoms with Crippen LogP contribution in [0.2, 0.25) is 0 Å². The molecule has 5 amide bonds. The number of hydrogen-bond acceptors (Lipinski definition) is 8. The highest BCUT2D eigenvalue weighted by molar-refractivity contribution is 9.09. The maximum Gasteiger partial charge on any atom is 0.423 e. The highest BCUT2D eigenvalue weighted by Crippen LogP contribution is 2.63. The van der Waals surface area contributed by atoms with E-state index >= 15 is 0 Å². The van der Waals surface area contributed by atoms with E-state index in [1.54, 1.807) is 30.4 Å². The van der Waals surface area contributed by atoms with Gasteiger partial charge in [-0.1, -0.05) is 45.8 Å². The first kappa shape index (κ1) is 27.7. The number of imide groups is 4. The Bertz CT molecular complexity index is 1380. The van der Waals surface area contributed by atoms with E-state index < -0.39 is 63.1 Å². The summed E-state index contributed by atoms with van der Waals surface area (Å²) in [5.74, 6) is -6.21. The molecule has 4 aliphatic rings. The van der Waals surface area contributed by atoms with Crippen LogP contribution in [0.25, 0.3) is 6.08 Å². The highest BCUT2D eigenvalue weighted by atomic mass is 79.9. The first-order chi connectivity index (χ1) is 18.5. The molecule has 3 fully saturated rings. The first-order valence-corrected chi connectivity index (χ1v) is 13.8. The fourth-order valence-corrected chi connectivity index (χ4v) is 7.66. The highest BCUT2D eigenvalue weighted by Gasteiger charge is 2.75. The molecule has 2 saturated heterocycles. The third-order valence-electron chi connectivity index (χ3n) is 8.11. The van der Waals surface area contributed by atoms with Crippen LogP contribution in [-0.2, 0) is 23.9 Å². The van der Waals surface area contributed by atoms with Crippen LogP contribution in [-0.4, -0.2) is 74.1 Å². The Balaban J connectivity index is 1.64. The molecule has 13 heteroatoms. The van der Waals surface area contributed by atoms with E-state index in [1.165, 1.54) is 13.2 Å². The van der Waals surface area contributed by atoms with E-state index in [9.17, 15) is 29.1 Å². The summed E-state index contributed by atoms with van der Waals surface area (Å²) in [4.78, 5) is 63.4. The zero-order valence-electron chi connectivity index (χ0n) is 20.7. The Kier molecular flexibility index (Phi) is 6.84. The molecule has 10 nitrogen and oxygen atoms in total. The topological polar surface area (TPSA) is 131 Å². The van der Waals surface area contributed by atoms with Crippen molar-refractivity contribution in [2.24, 2.45) is 23.7 Å². The second kappa shape index (κ2) is 9.64. The summed E-state index contributed by atoms with van der Waals surface area (Å²) < 4.78 is 9.82. The van der Waals surface area contributed by atoms with Crippen molar-refractivity contribution in [3.63, 3.8) is 0 Å². The Morgan fingerprint density at radius 3 is 2.51 bits per heavy atom. The molecule has 0 aromatic heterocycles. The lowest BCUT2D eigenvalue weighted by molar-refractivity contribution is -0.140. The summed E-state index contributed by atoms with van der Waals surface area (Å²) in [6.07, 6.45) is 3.89. The van der Waals surface area contributed by atoms with Gasteiger partial charge < -0.3 is 14.6 Å². The number of nitrogens with zero attached hydrogens (tertiary/aromatic N) is 2. The Morgan fingerprint density at radius 2 is 1.87 bits per heavy atom. The lowest BCUT2D eigenvalue weighted by atomic mass is 9.57. The number of allylic oxidation sites excluding steroid dienone is 3. The summed E-state index contributed by atoms with van der Waals surface area (Å²) in [6.45, 7) is 0. The molecule has 206 valence electrons. The number of halogens is 3. The second-order valence-electron chi connectivity index (χ2n) is 9.80. The largest absolute Gasteiger partial charge is 0.504 e. The van der Waals surface area contributed by atoms with Crippen LogP contribution in [0.1, 0.15) is 18.4 Å². The summed E-state index contributed by atoms with van der Waals surface area (Å²) >= 11 is 17.3. The number of hydrogen-bond donors (Lipinski definition) is 1. The van der Waals surface area contributed by atoms with Crippen molar-refractivity contribution in [2.45, 2.75) is 22.6 Å². The maximum atomic E-state index is 13.6. The number of phenols is 1. The molecule has 2 aliphatic carbocycles. The molecule has 2 heterocycles. The number of amides is 5. The number of rotatable bonds is 4. The van der Waals surface area contributed by atoms with Crippen LogP contribution in [0, 0.1) is 23.7 Å². The standard InChI is InChI=1S/C26H23BrCl2N2O8/c1-38-18-9-12(4-8-17(18)32)3-7-16-13-5-6-14-19(21(34)31(20(14)33)24(37)39-2)15(13)10-25(28)22(35)30(11-27)23(36)26(16,25)29/h3-5,7-9,14-16,19,32H,6,10-11H2,1-2H3. The van der Waals surface area contributed by atoms with E-state index in [4.69, 9.17) is 27.9 Å². The summed E-state index contributed by atoms with van der Waals surface area (Å²) in [7, 11) is 2.48. The predicted molar refractivity (Wildman–Crippen MR) is 142 cm³/mol. The summed E-state index contributed by atoms with van der Waals surface area (Å²) in [6, 6.07) is 4.64. The number of ether oxygens (including phenoxy) is 2. The minimum absolute atomic E-state index is 0.0638. The van der Waals surface area contributed by atoms with Gasteiger partial charge in [0, 0.05) is 5.92 Å². The third kappa shape index (κ3) is 3.69. The van der Waals surface area contributed by atoms with E-state index in [1.807, 2.05) is 0 Å². The number of methoxy groups -OCH3 is 2. The molecule has 6 unspecified atom stereocenters. The predicted octanol–water partition coefficient (Wildman–Crippen LogP) is 3.42. The normalized spacial score (nSPS) is 33.7. The molecular formula is C26H23BrCl2N2O8. The molecule has 2 aliphatic heterocycles. The molecule has 1 aromatic carbocycles. The zero-order chi connectivity index (χ0) is 28.4. The van der Waals surface area contributed by atoms with Gasteiger partial charge in [-0.25, -0.2) is 4.79 Å². The molecule has 1 saturated carbocycles. The fourth-order valence-electron chi connectivity index (χ4n) is 6.28. The van der Waals surface area contributed by atoms with Crippen molar-refractivity contribution < 1.29 is 38.6 Å². The van der Waals surface area contributed by atoms with Gasteiger partial charge in [0.25, 0.3) is 11.8 Å². The number of alkyl halides is 3. The summed E-state index contributed by atoms with van der Waals surface area (Å²) in [5, 5.41) is 9.95. The van der Waals surface area contributed by atoms with Crippen molar-refractivity contribution >= 4 is 74.9 Å². The fraction of sp³-hybridized carbons (Fsp3) is 0.423. The van der Waals surface area contributed by atoms with Crippen molar-refractivity contribution in [1.82, 2.24) is 9.80 Å². The quantitative estimate of drug-likeness (QED) is 0.229. The molecule has 0 spiro atoms. The van der Waals surface area contributed by atoms with Crippen LogP contribution >= 0.6 is 39.1 Å². The van der Waals surface area contributed by atoms with Crippen molar-refractivity contribution in [1.29, 1.82) is 0 Å². The van der Waals surface area contributed by atoms with Gasteiger partial charge >= 0.3 is 6.09 Å². The van der Waals surface area contributed by atoms with Gasteiger partial charge in [-0.05, 0) is 36.5 Å². The number of phenolic OH excluding ortho intramolecular Hbond substituents is 1. The number of carbonyl (C=O) groups is 5. The van der Waals surface area contributed by atoms with Gasteiger partial charge in [0.1, 0.15) is 0 Å². The van der Waals surface area contributed by atoms with Gasteiger partial charge in [0.2, 0.25) is 11.8 Å². The minimum atomic E-state index is -1.94. The first-order valence-electron chi connectivity index (χ1n) is 12.0. The van der Waals surface area contributed by atoms with E-state index in [2.05, 4.69) is 20.7 Å². The Hall–Kier alpha value is -2.89. The van der Waals surface area contributed by atoms with Gasteiger partial charge in [0.05, 0.1) is 31.5 Å². The van der Waals surface area contributed by atoms with E-state index in [0.29, 0.717) is 16.0 Å². The van der Waals surface area contributed by atoms with Crippen molar-refractivity contribution in [3.05, 3.63) is 41.5 Å². The van der Waals surface area contributed by atoms with E-state index in [-0.39, 0.29) is 29.8 Å². The van der Waals surface area contributed by atoms with Crippen LogP contribution in [0.15, 0.2) is 35.9 Å². The molecule has 1 aromatic rings. The van der Waals surface area contributed by atoms with Crippen molar-refractivity contribution in [2.75, 3.05) is 19.7 Å². The second-order valence-corrected chi connectivity index (χ2v) is 11.5. The van der Waals surface area contributed by atoms with Gasteiger partial charge in [-0.15, -0.1) is 23.2 Å². The molecule has 6 atom stereocenters.